The molecule has 122 valence electrons. The number of carboxylic acids is 1. The largest absolute Gasteiger partial charge is 0.544 e. The van der Waals surface area contributed by atoms with Gasteiger partial charge in [0.05, 0.1) is 5.97 Å². The van der Waals surface area contributed by atoms with E-state index >= 15 is 0 Å². The second-order valence-corrected chi connectivity index (χ2v) is 6.66. The molecule has 4 nitrogen and oxygen atoms in total. The van der Waals surface area contributed by atoms with Crippen molar-refractivity contribution < 1.29 is 14.3 Å². The molecule has 0 unspecified atom stereocenters. The summed E-state index contributed by atoms with van der Waals surface area (Å²) in [4.78, 5) is 15.8. The van der Waals surface area contributed by atoms with Crippen molar-refractivity contribution in [2.75, 3.05) is 0 Å². The summed E-state index contributed by atoms with van der Waals surface area (Å²) >= 11 is 0.949. The van der Waals surface area contributed by atoms with Crippen molar-refractivity contribution in [3.05, 3.63) is 64.6 Å². The summed E-state index contributed by atoms with van der Waals surface area (Å²) in [5.41, 5.74) is 3.31. The van der Waals surface area contributed by atoms with E-state index < -0.39 is 5.97 Å². The van der Waals surface area contributed by atoms with Crippen molar-refractivity contribution in [2.24, 2.45) is 0 Å². The molecule has 0 atom stereocenters. The van der Waals surface area contributed by atoms with Crippen molar-refractivity contribution in [2.45, 2.75) is 25.0 Å². The van der Waals surface area contributed by atoms with Gasteiger partial charge in [-0.3, -0.25) is 0 Å². The van der Waals surface area contributed by atoms with Crippen LogP contribution in [0.5, 0.6) is 0 Å². The van der Waals surface area contributed by atoms with Gasteiger partial charge >= 0.3 is 0 Å². The Morgan fingerprint density at radius 3 is 2.50 bits per heavy atom. The number of hydrogen-bond donors (Lipinski definition) is 0. The maximum absolute atomic E-state index is 11.4. The maximum atomic E-state index is 11.4. The molecular weight excluding hydrogens is 322 g/mol. The molecular formula is C19H16NO3S-. The third-order valence-electron chi connectivity index (χ3n) is 3.57. The Morgan fingerprint density at radius 1 is 1.17 bits per heavy atom. The van der Waals surface area contributed by atoms with Gasteiger partial charge in [0.15, 0.2) is 5.58 Å². The average Bonchev–Trinajstić information content (AvgIpc) is 2.97. The lowest BCUT2D eigenvalue weighted by Crippen LogP contribution is -2.23. The summed E-state index contributed by atoms with van der Waals surface area (Å²) in [6, 6.07) is 15.1. The van der Waals surface area contributed by atoms with Crippen LogP contribution < -0.4 is 5.11 Å². The summed E-state index contributed by atoms with van der Waals surface area (Å²) in [7, 11) is 0. The quantitative estimate of drug-likeness (QED) is 0.522. The number of carbonyl (C=O) groups excluding carboxylic acids is 1. The van der Waals surface area contributed by atoms with Gasteiger partial charge in [-0.15, -0.1) is 0 Å². The van der Waals surface area contributed by atoms with Crippen LogP contribution in [-0.2, 0) is 4.79 Å². The van der Waals surface area contributed by atoms with Gasteiger partial charge < -0.3 is 14.3 Å². The molecule has 0 aliphatic carbocycles. The SMILES string of the molecule is CC(C)c1ccc(/C=C(/Sc2nc3ccccc3o2)C(=O)[O-])cc1. The Labute approximate surface area is 144 Å². The van der Waals surface area contributed by atoms with Crippen LogP contribution in [-0.4, -0.2) is 11.0 Å². The van der Waals surface area contributed by atoms with Gasteiger partial charge in [0, 0.05) is 4.91 Å². The molecule has 0 saturated carbocycles. The fourth-order valence-electron chi connectivity index (χ4n) is 2.25. The normalized spacial score (nSPS) is 12.0. The Hall–Kier alpha value is -2.53. The summed E-state index contributed by atoms with van der Waals surface area (Å²) < 4.78 is 5.56. The van der Waals surface area contributed by atoms with Crippen molar-refractivity contribution in [3.8, 4) is 0 Å². The highest BCUT2D eigenvalue weighted by atomic mass is 32.2. The van der Waals surface area contributed by atoms with Gasteiger partial charge in [-0.05, 0) is 47.0 Å². The van der Waals surface area contributed by atoms with Gasteiger partial charge in [-0.25, -0.2) is 4.98 Å². The first-order valence-corrected chi connectivity index (χ1v) is 8.41. The van der Waals surface area contributed by atoms with E-state index in [1.165, 1.54) is 5.56 Å². The van der Waals surface area contributed by atoms with Gasteiger partial charge in [0.2, 0.25) is 0 Å². The van der Waals surface area contributed by atoms with Crippen LogP contribution in [0, 0.1) is 0 Å². The summed E-state index contributed by atoms with van der Waals surface area (Å²) in [6.07, 6.45) is 1.57. The topological polar surface area (TPSA) is 66.2 Å². The smallest absolute Gasteiger partial charge is 0.261 e. The number of benzene rings is 2. The maximum Gasteiger partial charge on any atom is 0.261 e. The molecule has 0 radical (unpaired) electrons. The number of hydrogen-bond acceptors (Lipinski definition) is 5. The molecule has 3 aromatic rings. The molecule has 0 aliphatic rings. The minimum Gasteiger partial charge on any atom is -0.544 e. The monoisotopic (exact) mass is 338 g/mol. The molecule has 3 rings (SSSR count). The Kier molecular flexibility index (Phi) is 4.71. The van der Waals surface area contributed by atoms with E-state index in [2.05, 4.69) is 18.8 Å². The molecule has 0 N–H and O–H groups in total. The van der Waals surface area contributed by atoms with E-state index in [1.807, 2.05) is 42.5 Å². The summed E-state index contributed by atoms with van der Waals surface area (Å²) in [5, 5.41) is 11.7. The lowest BCUT2D eigenvalue weighted by atomic mass is 10.0. The molecule has 0 bridgehead atoms. The highest BCUT2D eigenvalue weighted by Crippen LogP contribution is 2.30. The number of carbonyl (C=O) groups is 1. The van der Waals surface area contributed by atoms with Crippen molar-refractivity contribution in [1.82, 2.24) is 4.98 Å². The standard InChI is InChI=1S/C19H17NO3S/c1-12(2)14-9-7-13(8-10-14)11-17(18(21)22)24-19-20-15-5-3-4-6-16(15)23-19/h3-12H,1-2H3,(H,21,22)/p-1/b17-11+. The Balaban J connectivity index is 1.87. The summed E-state index contributed by atoms with van der Waals surface area (Å²) in [5.74, 6) is -0.826. The van der Waals surface area contributed by atoms with E-state index in [9.17, 15) is 9.90 Å². The number of aliphatic carboxylic acids is 1. The van der Waals surface area contributed by atoms with Crippen molar-refractivity contribution >= 4 is 34.9 Å². The van der Waals surface area contributed by atoms with Crippen LogP contribution in [0.15, 0.2) is 63.1 Å². The molecule has 5 heteroatoms. The molecule has 0 spiro atoms. The fraction of sp³-hybridized carbons (Fsp3) is 0.158. The first-order valence-electron chi connectivity index (χ1n) is 7.59. The lowest BCUT2D eigenvalue weighted by molar-refractivity contribution is -0.298. The Morgan fingerprint density at radius 2 is 1.88 bits per heavy atom. The second-order valence-electron chi connectivity index (χ2n) is 5.67. The molecule has 1 aromatic heterocycles. The second kappa shape index (κ2) is 6.93. The van der Waals surface area contributed by atoms with Crippen molar-refractivity contribution in [1.29, 1.82) is 0 Å². The number of aromatic nitrogens is 1. The third kappa shape index (κ3) is 3.68. The molecule has 2 aromatic carbocycles. The summed E-state index contributed by atoms with van der Waals surface area (Å²) in [6.45, 7) is 4.22. The van der Waals surface area contributed by atoms with E-state index in [-0.39, 0.29) is 10.1 Å². The van der Waals surface area contributed by atoms with Crippen LogP contribution in [0.2, 0.25) is 0 Å². The number of rotatable bonds is 5. The number of carboxylic acid groups (broad SMARTS) is 1. The highest BCUT2D eigenvalue weighted by molar-refractivity contribution is 8.03. The fourth-order valence-corrected chi connectivity index (χ4v) is 2.99. The molecule has 1 heterocycles. The minimum absolute atomic E-state index is 0.0545. The van der Waals surface area contributed by atoms with E-state index in [0.717, 1.165) is 17.3 Å². The van der Waals surface area contributed by atoms with E-state index in [0.29, 0.717) is 17.0 Å². The van der Waals surface area contributed by atoms with Gasteiger partial charge in [0.25, 0.3) is 5.22 Å². The van der Waals surface area contributed by atoms with Crippen LogP contribution in [0.25, 0.3) is 17.2 Å². The number of oxazole rings is 1. The highest BCUT2D eigenvalue weighted by Gasteiger charge is 2.10. The van der Waals surface area contributed by atoms with Crippen molar-refractivity contribution in [3.63, 3.8) is 0 Å². The predicted octanol–water partition coefficient (Wildman–Crippen LogP) is 3.83. The first kappa shape index (κ1) is 16.3. The zero-order chi connectivity index (χ0) is 17.1. The first-order chi connectivity index (χ1) is 11.5. The Bertz CT molecular complexity index is 861. The van der Waals surface area contributed by atoms with Crippen LogP contribution in [0.1, 0.15) is 30.9 Å². The molecule has 24 heavy (non-hydrogen) atoms. The minimum atomic E-state index is -1.25. The van der Waals surface area contributed by atoms with E-state index in [4.69, 9.17) is 4.42 Å². The number of para-hydroxylation sites is 2. The van der Waals surface area contributed by atoms with E-state index in [1.54, 1.807) is 12.1 Å². The van der Waals surface area contributed by atoms with Gasteiger partial charge in [0.1, 0.15) is 5.52 Å². The predicted molar refractivity (Wildman–Crippen MR) is 93.4 cm³/mol. The number of thioether (sulfide) groups is 1. The van der Waals surface area contributed by atoms with Gasteiger partial charge in [-0.1, -0.05) is 50.2 Å². The molecule has 0 saturated heterocycles. The lowest BCUT2D eigenvalue weighted by Gasteiger charge is -2.07. The van der Waals surface area contributed by atoms with Crippen LogP contribution in [0.3, 0.4) is 0 Å². The zero-order valence-electron chi connectivity index (χ0n) is 13.4. The third-order valence-corrected chi connectivity index (χ3v) is 4.43. The van der Waals surface area contributed by atoms with Crippen LogP contribution in [0.4, 0.5) is 0 Å². The zero-order valence-corrected chi connectivity index (χ0v) is 14.2. The molecule has 0 fully saturated rings. The molecule has 0 amide bonds. The number of nitrogens with zero attached hydrogens (tertiary/aromatic N) is 1. The van der Waals surface area contributed by atoms with Gasteiger partial charge in [-0.2, -0.15) is 0 Å². The molecule has 0 aliphatic heterocycles. The van der Waals surface area contributed by atoms with Crippen LogP contribution >= 0.6 is 11.8 Å². The number of fused-ring (bicyclic) bond motifs is 1. The average molecular weight is 338 g/mol.